The molecule has 2 aromatic carbocycles. The molecular formula is C24H23BrFN3O2S. The van der Waals surface area contributed by atoms with E-state index in [0.717, 1.165) is 21.0 Å². The predicted molar refractivity (Wildman–Crippen MR) is 129 cm³/mol. The van der Waals surface area contributed by atoms with Gasteiger partial charge >= 0.3 is 0 Å². The SMILES string of the molecule is CC(C)(C)[S+]([O-])N[C@@H](Cc1cccc(F)n1)c1ccccc1-c1noc2cc(Br)ccc12. The lowest BCUT2D eigenvalue weighted by Crippen LogP contribution is -2.42. The Labute approximate surface area is 197 Å². The molecule has 0 aliphatic rings. The van der Waals surface area contributed by atoms with Gasteiger partial charge < -0.3 is 9.08 Å². The van der Waals surface area contributed by atoms with E-state index in [9.17, 15) is 8.94 Å². The van der Waals surface area contributed by atoms with Crippen LogP contribution in [0.25, 0.3) is 22.2 Å². The zero-order chi connectivity index (χ0) is 22.9. The molecule has 1 N–H and O–H groups in total. The van der Waals surface area contributed by atoms with Gasteiger partial charge in [0.05, 0.1) is 6.04 Å². The van der Waals surface area contributed by atoms with Crippen LogP contribution in [-0.2, 0) is 17.8 Å². The van der Waals surface area contributed by atoms with Crippen LogP contribution in [0.3, 0.4) is 0 Å². The van der Waals surface area contributed by atoms with Crippen molar-refractivity contribution >= 4 is 38.3 Å². The van der Waals surface area contributed by atoms with Crippen LogP contribution in [0.1, 0.15) is 38.1 Å². The van der Waals surface area contributed by atoms with Gasteiger partial charge in [-0.2, -0.15) is 4.39 Å². The molecule has 0 aliphatic heterocycles. The van der Waals surface area contributed by atoms with Crippen molar-refractivity contribution in [3.05, 3.63) is 82.3 Å². The molecule has 2 atom stereocenters. The van der Waals surface area contributed by atoms with Crippen LogP contribution in [0.4, 0.5) is 4.39 Å². The molecular weight excluding hydrogens is 493 g/mol. The third-order valence-electron chi connectivity index (χ3n) is 5.02. The van der Waals surface area contributed by atoms with Gasteiger partial charge in [0.25, 0.3) is 0 Å². The van der Waals surface area contributed by atoms with Gasteiger partial charge in [-0.05, 0) is 56.7 Å². The number of rotatable bonds is 6. The topological polar surface area (TPSA) is 74.0 Å². The van der Waals surface area contributed by atoms with Crippen LogP contribution in [0.2, 0.25) is 0 Å². The second-order valence-electron chi connectivity index (χ2n) is 8.47. The zero-order valence-electron chi connectivity index (χ0n) is 17.9. The van der Waals surface area contributed by atoms with Crippen LogP contribution in [0, 0.1) is 5.95 Å². The van der Waals surface area contributed by atoms with Crippen molar-refractivity contribution in [3.8, 4) is 11.3 Å². The first-order valence-corrected chi connectivity index (χ1v) is 12.1. The second kappa shape index (κ2) is 9.31. The van der Waals surface area contributed by atoms with E-state index in [1.165, 1.54) is 6.07 Å². The summed E-state index contributed by atoms with van der Waals surface area (Å²) < 4.78 is 36.0. The van der Waals surface area contributed by atoms with E-state index in [2.05, 4.69) is 30.8 Å². The molecule has 0 saturated heterocycles. The van der Waals surface area contributed by atoms with Crippen molar-refractivity contribution in [3.63, 3.8) is 0 Å². The van der Waals surface area contributed by atoms with Crippen LogP contribution >= 0.6 is 15.9 Å². The summed E-state index contributed by atoms with van der Waals surface area (Å²) in [6.45, 7) is 5.72. The monoisotopic (exact) mass is 515 g/mol. The molecule has 0 radical (unpaired) electrons. The van der Waals surface area contributed by atoms with Crippen molar-refractivity contribution in [1.29, 1.82) is 0 Å². The molecule has 0 bridgehead atoms. The Bertz CT molecular complexity index is 1240. The number of pyridine rings is 1. The highest BCUT2D eigenvalue weighted by molar-refractivity contribution is 9.10. The minimum atomic E-state index is -1.35. The number of aromatic nitrogens is 2. The molecule has 1 unspecified atom stereocenters. The molecule has 2 heterocycles. The number of halogens is 2. The average molecular weight is 516 g/mol. The van der Waals surface area contributed by atoms with E-state index in [1.54, 1.807) is 12.1 Å². The fourth-order valence-corrected chi connectivity index (χ4v) is 4.58. The van der Waals surface area contributed by atoms with E-state index in [-0.39, 0.29) is 6.04 Å². The molecule has 8 heteroatoms. The van der Waals surface area contributed by atoms with Crippen LogP contribution in [0.5, 0.6) is 0 Å². The number of nitrogens with one attached hydrogen (secondary N) is 1. The van der Waals surface area contributed by atoms with Gasteiger partial charge in [0, 0.05) is 38.9 Å². The quantitative estimate of drug-likeness (QED) is 0.247. The minimum absolute atomic E-state index is 0.359. The fraction of sp³-hybridized carbons (Fsp3) is 0.250. The second-order valence-corrected chi connectivity index (χ2v) is 11.4. The van der Waals surface area contributed by atoms with Crippen LogP contribution in [-0.4, -0.2) is 19.4 Å². The molecule has 0 amide bonds. The van der Waals surface area contributed by atoms with Gasteiger partial charge in [-0.3, -0.25) is 0 Å². The first kappa shape index (κ1) is 22.9. The molecule has 0 aliphatic carbocycles. The van der Waals surface area contributed by atoms with E-state index >= 15 is 0 Å². The summed E-state index contributed by atoms with van der Waals surface area (Å²) in [5.74, 6) is -0.542. The lowest BCUT2D eigenvalue weighted by Gasteiger charge is -2.29. The molecule has 4 aromatic rings. The number of hydrogen-bond donors (Lipinski definition) is 1. The minimum Gasteiger partial charge on any atom is -0.598 e. The number of hydrogen-bond acceptors (Lipinski definition) is 5. The van der Waals surface area contributed by atoms with Crippen LogP contribution < -0.4 is 4.72 Å². The maximum atomic E-state index is 13.8. The maximum Gasteiger partial charge on any atom is 0.213 e. The summed E-state index contributed by atoms with van der Waals surface area (Å²) in [6, 6.07) is 17.9. The summed E-state index contributed by atoms with van der Waals surface area (Å²) in [5.41, 5.74) is 3.67. The molecule has 2 aromatic heterocycles. The van der Waals surface area contributed by atoms with Crippen molar-refractivity contribution in [2.45, 2.75) is 38.0 Å². The summed E-state index contributed by atoms with van der Waals surface area (Å²) in [4.78, 5) is 4.02. The van der Waals surface area contributed by atoms with Gasteiger partial charge in [-0.1, -0.05) is 51.4 Å². The van der Waals surface area contributed by atoms with Gasteiger partial charge in [0.15, 0.2) is 5.58 Å². The van der Waals surface area contributed by atoms with Gasteiger partial charge in [0.1, 0.15) is 10.4 Å². The standard InChI is InChI=1S/C24H23BrFN3O2S/c1-24(2,3)32(30)29-20(14-16-7-6-10-22(26)27-16)17-8-4-5-9-18(17)23-19-12-11-15(25)13-21(19)31-28-23/h4-13,20,29H,14H2,1-3H3/t20-,32?/m0/s1. The highest BCUT2D eigenvalue weighted by Gasteiger charge is 2.31. The number of fused-ring (bicyclic) bond motifs is 1. The normalized spacial score (nSPS) is 13.9. The van der Waals surface area contributed by atoms with Gasteiger partial charge in [-0.15, -0.1) is 4.72 Å². The summed E-state index contributed by atoms with van der Waals surface area (Å²) in [5, 5.41) is 5.20. The largest absolute Gasteiger partial charge is 0.598 e. The molecule has 0 saturated carbocycles. The highest BCUT2D eigenvalue weighted by atomic mass is 79.9. The van der Waals surface area contributed by atoms with Crippen molar-refractivity contribution in [2.24, 2.45) is 0 Å². The van der Waals surface area contributed by atoms with Gasteiger partial charge in [0.2, 0.25) is 5.95 Å². The van der Waals surface area contributed by atoms with Crippen LogP contribution in [0.15, 0.2) is 69.7 Å². The lowest BCUT2D eigenvalue weighted by molar-refractivity contribution is 0.459. The molecule has 5 nitrogen and oxygen atoms in total. The maximum absolute atomic E-state index is 13.8. The van der Waals surface area contributed by atoms with E-state index in [1.807, 2.05) is 63.2 Å². The van der Waals surface area contributed by atoms with E-state index in [0.29, 0.717) is 23.4 Å². The van der Waals surface area contributed by atoms with Gasteiger partial charge in [-0.25, -0.2) is 4.98 Å². The lowest BCUT2D eigenvalue weighted by atomic mass is 9.94. The van der Waals surface area contributed by atoms with E-state index in [4.69, 9.17) is 4.52 Å². The Morgan fingerprint density at radius 3 is 2.66 bits per heavy atom. The van der Waals surface area contributed by atoms with E-state index < -0.39 is 22.1 Å². The number of benzene rings is 2. The summed E-state index contributed by atoms with van der Waals surface area (Å²) in [6.07, 6.45) is 0.359. The Morgan fingerprint density at radius 1 is 1.12 bits per heavy atom. The smallest absolute Gasteiger partial charge is 0.213 e. The van der Waals surface area contributed by atoms with Crippen molar-refractivity contribution < 1.29 is 13.5 Å². The molecule has 166 valence electrons. The first-order chi connectivity index (χ1) is 15.2. The Kier molecular flexibility index (Phi) is 6.67. The highest BCUT2D eigenvalue weighted by Crippen LogP contribution is 2.35. The zero-order valence-corrected chi connectivity index (χ0v) is 20.3. The summed E-state index contributed by atoms with van der Waals surface area (Å²) in [7, 11) is 0. The molecule has 0 fully saturated rings. The third-order valence-corrected chi connectivity index (χ3v) is 7.12. The first-order valence-electron chi connectivity index (χ1n) is 10.2. The van der Waals surface area contributed by atoms with Crippen molar-refractivity contribution in [1.82, 2.24) is 14.9 Å². The molecule has 0 spiro atoms. The summed E-state index contributed by atoms with van der Waals surface area (Å²) >= 11 is 2.10. The number of nitrogens with zero attached hydrogens (tertiary/aromatic N) is 2. The predicted octanol–water partition coefficient (Wildman–Crippen LogP) is 6.13. The fourth-order valence-electron chi connectivity index (χ4n) is 3.42. The Morgan fingerprint density at radius 2 is 1.91 bits per heavy atom. The Hall–Kier alpha value is -2.26. The average Bonchev–Trinajstić information content (AvgIpc) is 3.15. The third kappa shape index (κ3) is 5.04. The molecule has 32 heavy (non-hydrogen) atoms. The van der Waals surface area contributed by atoms with Crippen molar-refractivity contribution in [2.75, 3.05) is 0 Å². The Balaban J connectivity index is 1.80. The molecule has 4 rings (SSSR count).